The standard InChI is InChI=1S/C13H19N/c1-6-13(5,14)12-10(3)7-9(2)8-11(12)4/h6-8H,1,14H2,2-5H3/t13-/m1/s1. The summed E-state index contributed by atoms with van der Waals surface area (Å²) in [5, 5.41) is 0. The number of aryl methyl sites for hydroxylation is 3. The van der Waals surface area contributed by atoms with E-state index in [1.54, 1.807) is 6.08 Å². The maximum absolute atomic E-state index is 6.17. The lowest BCUT2D eigenvalue weighted by Crippen LogP contribution is -2.32. The van der Waals surface area contributed by atoms with Gasteiger partial charge in [-0.1, -0.05) is 23.8 Å². The van der Waals surface area contributed by atoms with Gasteiger partial charge < -0.3 is 5.73 Å². The van der Waals surface area contributed by atoms with Gasteiger partial charge in [0.25, 0.3) is 0 Å². The van der Waals surface area contributed by atoms with Gasteiger partial charge >= 0.3 is 0 Å². The molecule has 14 heavy (non-hydrogen) atoms. The summed E-state index contributed by atoms with van der Waals surface area (Å²) in [5.41, 5.74) is 10.7. The van der Waals surface area contributed by atoms with Crippen molar-refractivity contribution in [2.45, 2.75) is 33.2 Å². The maximum atomic E-state index is 6.17. The third kappa shape index (κ3) is 1.88. The minimum Gasteiger partial charge on any atom is -0.318 e. The van der Waals surface area contributed by atoms with E-state index < -0.39 is 5.54 Å². The van der Waals surface area contributed by atoms with Crippen molar-refractivity contribution in [2.75, 3.05) is 0 Å². The molecule has 1 heteroatoms. The smallest absolute Gasteiger partial charge is 0.0569 e. The van der Waals surface area contributed by atoms with E-state index in [-0.39, 0.29) is 0 Å². The second-order valence-electron chi connectivity index (χ2n) is 4.26. The van der Waals surface area contributed by atoms with Crippen molar-refractivity contribution in [2.24, 2.45) is 5.73 Å². The van der Waals surface area contributed by atoms with Crippen molar-refractivity contribution < 1.29 is 0 Å². The third-order valence-electron chi connectivity index (χ3n) is 2.64. The summed E-state index contributed by atoms with van der Waals surface area (Å²) in [4.78, 5) is 0. The normalized spacial score (nSPS) is 14.9. The van der Waals surface area contributed by atoms with Crippen LogP contribution in [0.3, 0.4) is 0 Å². The molecule has 0 spiro atoms. The van der Waals surface area contributed by atoms with Crippen LogP contribution in [0.1, 0.15) is 29.2 Å². The molecular formula is C13H19N. The number of benzene rings is 1. The van der Waals surface area contributed by atoms with Crippen LogP contribution in [-0.4, -0.2) is 0 Å². The summed E-state index contributed by atoms with van der Waals surface area (Å²) in [5.74, 6) is 0. The quantitative estimate of drug-likeness (QED) is 0.711. The van der Waals surface area contributed by atoms with Crippen molar-refractivity contribution in [1.29, 1.82) is 0 Å². The second kappa shape index (κ2) is 3.58. The van der Waals surface area contributed by atoms with Gasteiger partial charge in [-0.2, -0.15) is 0 Å². The van der Waals surface area contributed by atoms with Gasteiger partial charge in [-0.05, 0) is 44.4 Å². The first-order valence-corrected chi connectivity index (χ1v) is 4.89. The number of rotatable bonds is 2. The Hall–Kier alpha value is -1.08. The average Bonchev–Trinajstić information content (AvgIpc) is 2.01. The Kier molecular flexibility index (Phi) is 2.81. The van der Waals surface area contributed by atoms with Crippen molar-refractivity contribution in [3.8, 4) is 0 Å². The Balaban J connectivity index is 3.42. The van der Waals surface area contributed by atoms with Crippen molar-refractivity contribution in [3.05, 3.63) is 47.0 Å². The van der Waals surface area contributed by atoms with Crippen molar-refractivity contribution >= 4 is 0 Å². The molecule has 0 fully saturated rings. The van der Waals surface area contributed by atoms with Crippen LogP contribution in [0.2, 0.25) is 0 Å². The zero-order valence-corrected chi connectivity index (χ0v) is 9.52. The van der Waals surface area contributed by atoms with Gasteiger partial charge in [-0.15, -0.1) is 6.58 Å². The van der Waals surface area contributed by atoms with Crippen LogP contribution in [-0.2, 0) is 5.54 Å². The first-order chi connectivity index (χ1) is 6.38. The molecule has 1 atom stereocenters. The molecule has 0 aliphatic heterocycles. The lowest BCUT2D eigenvalue weighted by Gasteiger charge is -2.25. The van der Waals surface area contributed by atoms with Gasteiger partial charge in [0.05, 0.1) is 5.54 Å². The molecule has 0 aromatic heterocycles. The number of hydrogen-bond acceptors (Lipinski definition) is 1. The summed E-state index contributed by atoms with van der Waals surface area (Å²) in [6.45, 7) is 12.1. The van der Waals surface area contributed by atoms with Gasteiger partial charge in [0, 0.05) is 0 Å². The Bertz CT molecular complexity index is 338. The molecular weight excluding hydrogens is 170 g/mol. The molecule has 0 saturated carbocycles. The molecule has 0 heterocycles. The summed E-state index contributed by atoms with van der Waals surface area (Å²) in [7, 11) is 0. The first kappa shape index (κ1) is 11.0. The van der Waals surface area contributed by atoms with E-state index in [0.717, 1.165) is 0 Å². The van der Waals surface area contributed by atoms with Gasteiger partial charge in [0.1, 0.15) is 0 Å². The van der Waals surface area contributed by atoms with Gasteiger partial charge in [-0.25, -0.2) is 0 Å². The predicted molar refractivity (Wildman–Crippen MR) is 62.4 cm³/mol. The number of nitrogens with two attached hydrogens (primary N) is 1. The van der Waals surface area contributed by atoms with Gasteiger partial charge in [-0.3, -0.25) is 0 Å². The topological polar surface area (TPSA) is 26.0 Å². The fraction of sp³-hybridized carbons (Fsp3) is 0.385. The SMILES string of the molecule is C=C[C@@](C)(N)c1c(C)cc(C)cc1C. The Morgan fingerprint density at radius 3 is 2.00 bits per heavy atom. The van der Waals surface area contributed by atoms with E-state index in [1.807, 2.05) is 6.92 Å². The highest BCUT2D eigenvalue weighted by molar-refractivity contribution is 5.43. The molecule has 0 amide bonds. The number of hydrogen-bond donors (Lipinski definition) is 1. The first-order valence-electron chi connectivity index (χ1n) is 4.89. The molecule has 0 bridgehead atoms. The summed E-state index contributed by atoms with van der Waals surface area (Å²) >= 11 is 0. The highest BCUT2D eigenvalue weighted by Gasteiger charge is 2.21. The van der Waals surface area contributed by atoms with Gasteiger partial charge in [0.2, 0.25) is 0 Å². The minimum absolute atomic E-state index is 0.429. The molecule has 0 saturated heterocycles. The molecule has 1 rings (SSSR count). The maximum Gasteiger partial charge on any atom is 0.0569 e. The van der Waals surface area contributed by atoms with Crippen LogP contribution in [0.4, 0.5) is 0 Å². The monoisotopic (exact) mass is 189 g/mol. The molecule has 1 aromatic carbocycles. The zero-order chi connectivity index (χ0) is 10.9. The van der Waals surface area contributed by atoms with Crippen molar-refractivity contribution in [1.82, 2.24) is 0 Å². The molecule has 0 radical (unpaired) electrons. The Morgan fingerprint density at radius 2 is 1.64 bits per heavy atom. The minimum atomic E-state index is -0.429. The molecule has 76 valence electrons. The van der Waals surface area contributed by atoms with E-state index in [2.05, 4.69) is 39.5 Å². The second-order valence-corrected chi connectivity index (χ2v) is 4.26. The predicted octanol–water partition coefficient (Wildman–Crippen LogP) is 2.97. The lowest BCUT2D eigenvalue weighted by molar-refractivity contribution is 0.622. The van der Waals surface area contributed by atoms with Gasteiger partial charge in [0.15, 0.2) is 0 Å². The fourth-order valence-corrected chi connectivity index (χ4v) is 2.13. The van der Waals surface area contributed by atoms with Crippen molar-refractivity contribution in [3.63, 3.8) is 0 Å². The van der Waals surface area contributed by atoms with Crippen LogP contribution >= 0.6 is 0 Å². The molecule has 1 nitrogen and oxygen atoms in total. The average molecular weight is 189 g/mol. The zero-order valence-electron chi connectivity index (χ0n) is 9.52. The van der Waals surface area contributed by atoms with E-state index in [0.29, 0.717) is 0 Å². The summed E-state index contributed by atoms with van der Waals surface area (Å²) < 4.78 is 0. The highest BCUT2D eigenvalue weighted by Crippen LogP contribution is 2.27. The molecule has 0 aliphatic rings. The van der Waals surface area contributed by atoms with E-state index in [4.69, 9.17) is 5.73 Å². The Morgan fingerprint density at radius 1 is 1.21 bits per heavy atom. The van der Waals surface area contributed by atoms with E-state index in [1.165, 1.54) is 22.3 Å². The molecule has 0 unspecified atom stereocenters. The molecule has 0 aliphatic carbocycles. The summed E-state index contributed by atoms with van der Waals surface area (Å²) in [6, 6.07) is 4.33. The lowest BCUT2D eigenvalue weighted by atomic mass is 9.85. The van der Waals surface area contributed by atoms with Crippen LogP contribution < -0.4 is 5.73 Å². The van der Waals surface area contributed by atoms with Crippen LogP contribution in [0.25, 0.3) is 0 Å². The third-order valence-corrected chi connectivity index (χ3v) is 2.64. The van der Waals surface area contributed by atoms with E-state index in [9.17, 15) is 0 Å². The highest BCUT2D eigenvalue weighted by atomic mass is 14.7. The van der Waals surface area contributed by atoms with Crippen LogP contribution in [0.15, 0.2) is 24.8 Å². The molecule has 1 aromatic rings. The largest absolute Gasteiger partial charge is 0.318 e. The fourth-order valence-electron chi connectivity index (χ4n) is 2.13. The Labute approximate surface area is 86.6 Å². The van der Waals surface area contributed by atoms with Crippen LogP contribution in [0, 0.1) is 20.8 Å². The van der Waals surface area contributed by atoms with E-state index >= 15 is 0 Å². The molecule has 2 N–H and O–H groups in total. The van der Waals surface area contributed by atoms with Crippen LogP contribution in [0.5, 0.6) is 0 Å². The summed E-state index contributed by atoms with van der Waals surface area (Å²) in [6.07, 6.45) is 1.80.